The van der Waals surface area contributed by atoms with Crippen molar-refractivity contribution in [3.05, 3.63) is 16.1 Å². The Labute approximate surface area is 102 Å². The number of halogens is 3. The number of aromatic nitrogens is 1. The summed E-state index contributed by atoms with van der Waals surface area (Å²) in [6.45, 7) is 4.23. The van der Waals surface area contributed by atoms with Gasteiger partial charge < -0.3 is 5.32 Å². The predicted octanol–water partition coefficient (Wildman–Crippen LogP) is 1.96. The largest absolute Gasteiger partial charge is 0.443 e. The van der Waals surface area contributed by atoms with Crippen LogP contribution in [0.25, 0.3) is 0 Å². The van der Waals surface area contributed by atoms with E-state index in [9.17, 15) is 13.2 Å². The molecule has 3 nitrogen and oxygen atoms in total. The lowest BCUT2D eigenvalue weighted by atomic mass is 10.4. The molecule has 2 rings (SSSR count). The van der Waals surface area contributed by atoms with Crippen LogP contribution < -0.4 is 5.32 Å². The van der Waals surface area contributed by atoms with Crippen molar-refractivity contribution in [3.8, 4) is 0 Å². The molecule has 1 aromatic rings. The highest BCUT2D eigenvalue weighted by atomic mass is 32.1. The first-order valence-corrected chi connectivity index (χ1v) is 6.32. The van der Waals surface area contributed by atoms with Crippen LogP contribution in [0.15, 0.2) is 6.20 Å². The number of alkyl halides is 3. The summed E-state index contributed by atoms with van der Waals surface area (Å²) in [5.41, 5.74) is 0. The van der Waals surface area contributed by atoms with E-state index in [0.717, 1.165) is 43.9 Å². The van der Waals surface area contributed by atoms with E-state index in [4.69, 9.17) is 0 Å². The van der Waals surface area contributed by atoms with Crippen LogP contribution in [0, 0.1) is 0 Å². The van der Waals surface area contributed by atoms with E-state index in [1.807, 2.05) is 0 Å². The minimum Gasteiger partial charge on any atom is -0.315 e. The fourth-order valence-electron chi connectivity index (χ4n) is 1.79. The quantitative estimate of drug-likeness (QED) is 0.886. The molecule has 7 heteroatoms. The van der Waals surface area contributed by atoms with Crippen molar-refractivity contribution in [1.82, 2.24) is 15.2 Å². The summed E-state index contributed by atoms with van der Waals surface area (Å²) in [5, 5.41) is 2.51. The SMILES string of the molecule is FC(F)(F)c1ncc(CN2CCCNCC2)s1. The second-order valence-corrected chi connectivity index (χ2v) is 5.12. The zero-order chi connectivity index (χ0) is 12.3. The number of rotatable bonds is 2. The van der Waals surface area contributed by atoms with Gasteiger partial charge in [-0.25, -0.2) is 4.98 Å². The third-order valence-electron chi connectivity index (χ3n) is 2.61. The highest BCUT2D eigenvalue weighted by molar-refractivity contribution is 7.11. The van der Waals surface area contributed by atoms with Gasteiger partial charge in [-0.1, -0.05) is 0 Å². The number of nitrogens with one attached hydrogen (secondary N) is 1. The average molecular weight is 265 g/mol. The lowest BCUT2D eigenvalue weighted by Crippen LogP contribution is -2.27. The number of thiazole rings is 1. The number of hydrogen-bond donors (Lipinski definition) is 1. The Kier molecular flexibility index (Phi) is 4.01. The minimum atomic E-state index is -4.32. The molecule has 96 valence electrons. The monoisotopic (exact) mass is 265 g/mol. The van der Waals surface area contributed by atoms with Crippen LogP contribution in [-0.4, -0.2) is 36.1 Å². The van der Waals surface area contributed by atoms with Crippen LogP contribution in [0.3, 0.4) is 0 Å². The molecule has 1 saturated heterocycles. The predicted molar refractivity (Wildman–Crippen MR) is 59.9 cm³/mol. The van der Waals surface area contributed by atoms with Crippen molar-refractivity contribution in [1.29, 1.82) is 0 Å². The molecule has 1 aliphatic rings. The third kappa shape index (κ3) is 3.65. The molecule has 1 N–H and O–H groups in total. The number of hydrogen-bond acceptors (Lipinski definition) is 4. The van der Waals surface area contributed by atoms with E-state index < -0.39 is 11.2 Å². The molecular formula is C10H14F3N3S. The Morgan fingerprint density at radius 3 is 2.88 bits per heavy atom. The molecule has 0 saturated carbocycles. The van der Waals surface area contributed by atoms with Gasteiger partial charge in [0.2, 0.25) is 0 Å². The molecule has 0 unspecified atom stereocenters. The lowest BCUT2D eigenvalue weighted by Gasteiger charge is -2.17. The van der Waals surface area contributed by atoms with E-state index in [0.29, 0.717) is 11.4 Å². The first-order valence-electron chi connectivity index (χ1n) is 5.51. The van der Waals surface area contributed by atoms with Gasteiger partial charge in [0.25, 0.3) is 0 Å². The average Bonchev–Trinajstić information content (AvgIpc) is 2.56. The minimum absolute atomic E-state index is 0.565. The summed E-state index contributed by atoms with van der Waals surface area (Å²) in [6.07, 6.45) is -1.94. The fourth-order valence-corrected chi connectivity index (χ4v) is 2.61. The van der Waals surface area contributed by atoms with Gasteiger partial charge in [0.1, 0.15) is 0 Å². The zero-order valence-corrected chi connectivity index (χ0v) is 10.1. The van der Waals surface area contributed by atoms with Gasteiger partial charge in [0.05, 0.1) is 0 Å². The van der Waals surface area contributed by atoms with Crippen LogP contribution in [0.1, 0.15) is 16.3 Å². The Balaban J connectivity index is 1.96. The molecule has 17 heavy (non-hydrogen) atoms. The van der Waals surface area contributed by atoms with E-state index in [-0.39, 0.29) is 0 Å². The second-order valence-electron chi connectivity index (χ2n) is 4.01. The van der Waals surface area contributed by atoms with E-state index in [2.05, 4.69) is 15.2 Å². The molecule has 2 heterocycles. The maximum atomic E-state index is 12.4. The van der Waals surface area contributed by atoms with Crippen molar-refractivity contribution >= 4 is 11.3 Å². The van der Waals surface area contributed by atoms with Crippen molar-refractivity contribution < 1.29 is 13.2 Å². The van der Waals surface area contributed by atoms with Crippen LogP contribution >= 0.6 is 11.3 Å². The molecule has 1 aliphatic heterocycles. The lowest BCUT2D eigenvalue weighted by molar-refractivity contribution is -0.137. The first-order chi connectivity index (χ1) is 8.05. The van der Waals surface area contributed by atoms with Gasteiger partial charge >= 0.3 is 6.18 Å². The first kappa shape index (κ1) is 12.8. The zero-order valence-electron chi connectivity index (χ0n) is 9.26. The molecule has 0 amide bonds. The summed E-state index contributed by atoms with van der Waals surface area (Å²) in [5.74, 6) is 0. The highest BCUT2D eigenvalue weighted by Crippen LogP contribution is 2.32. The Hall–Kier alpha value is -0.660. The van der Waals surface area contributed by atoms with E-state index in [1.54, 1.807) is 0 Å². The van der Waals surface area contributed by atoms with Crippen LogP contribution in [0.5, 0.6) is 0 Å². The molecule has 0 radical (unpaired) electrons. The van der Waals surface area contributed by atoms with Gasteiger partial charge in [-0.15, -0.1) is 11.3 Å². The maximum Gasteiger partial charge on any atom is 0.443 e. The third-order valence-corrected chi connectivity index (χ3v) is 3.64. The van der Waals surface area contributed by atoms with Gasteiger partial charge in [-0.05, 0) is 19.5 Å². The van der Waals surface area contributed by atoms with E-state index in [1.165, 1.54) is 6.20 Å². The fraction of sp³-hybridized carbons (Fsp3) is 0.700. The van der Waals surface area contributed by atoms with E-state index >= 15 is 0 Å². The van der Waals surface area contributed by atoms with Gasteiger partial charge in [-0.2, -0.15) is 13.2 Å². The van der Waals surface area contributed by atoms with Crippen molar-refractivity contribution in [2.75, 3.05) is 26.2 Å². The molecule has 0 atom stereocenters. The summed E-state index contributed by atoms with van der Waals surface area (Å²) in [4.78, 5) is 6.27. The Bertz CT molecular complexity index is 356. The maximum absolute atomic E-state index is 12.4. The summed E-state index contributed by atoms with van der Waals surface area (Å²) in [6, 6.07) is 0. The standard InChI is InChI=1S/C10H14F3N3S/c11-10(12,13)9-15-6-8(17-9)7-16-4-1-2-14-3-5-16/h6,14H,1-5,7H2. The molecule has 0 aliphatic carbocycles. The summed E-state index contributed by atoms with van der Waals surface area (Å²) in [7, 11) is 0. The van der Waals surface area contributed by atoms with Crippen LogP contribution in [0.2, 0.25) is 0 Å². The molecule has 0 aromatic carbocycles. The summed E-state index contributed by atoms with van der Waals surface area (Å²) < 4.78 is 37.1. The molecule has 1 aromatic heterocycles. The van der Waals surface area contributed by atoms with Crippen LogP contribution in [-0.2, 0) is 12.7 Å². The van der Waals surface area contributed by atoms with Crippen molar-refractivity contribution in [2.24, 2.45) is 0 Å². The Morgan fingerprint density at radius 2 is 2.18 bits per heavy atom. The smallest absolute Gasteiger partial charge is 0.315 e. The van der Waals surface area contributed by atoms with Gasteiger partial charge in [-0.3, -0.25) is 4.90 Å². The van der Waals surface area contributed by atoms with Crippen molar-refractivity contribution in [3.63, 3.8) is 0 Å². The topological polar surface area (TPSA) is 28.2 Å². The van der Waals surface area contributed by atoms with Gasteiger partial charge in [0.15, 0.2) is 5.01 Å². The number of nitrogens with zero attached hydrogens (tertiary/aromatic N) is 2. The molecular weight excluding hydrogens is 251 g/mol. The second kappa shape index (κ2) is 5.32. The normalized spacial score (nSPS) is 19.2. The molecule has 0 bridgehead atoms. The van der Waals surface area contributed by atoms with Crippen LogP contribution in [0.4, 0.5) is 13.2 Å². The van der Waals surface area contributed by atoms with Gasteiger partial charge in [0, 0.05) is 30.7 Å². The highest BCUT2D eigenvalue weighted by Gasteiger charge is 2.34. The summed E-state index contributed by atoms with van der Waals surface area (Å²) >= 11 is 0.742. The Morgan fingerprint density at radius 1 is 1.35 bits per heavy atom. The molecule has 0 spiro atoms. The van der Waals surface area contributed by atoms with Crippen molar-refractivity contribution in [2.45, 2.75) is 19.1 Å². The molecule has 1 fully saturated rings.